The van der Waals surface area contributed by atoms with E-state index in [9.17, 15) is 4.79 Å². The molecule has 2 N–H and O–H groups in total. The fourth-order valence-electron chi connectivity index (χ4n) is 3.39. The van der Waals surface area contributed by atoms with E-state index in [4.69, 9.17) is 16.3 Å². The number of nitrogens with zero attached hydrogens (tertiary/aromatic N) is 3. The van der Waals surface area contributed by atoms with Crippen molar-refractivity contribution in [2.75, 3.05) is 11.9 Å². The second kappa shape index (κ2) is 8.73. The number of nitrogens with one attached hydrogen (secondary N) is 2. The van der Waals surface area contributed by atoms with Crippen molar-refractivity contribution in [3.63, 3.8) is 0 Å². The molecule has 0 atom stereocenters. The lowest BCUT2D eigenvalue weighted by Crippen LogP contribution is -2.19. The molecule has 0 aliphatic heterocycles. The molecule has 0 aliphatic rings. The monoisotopic (exact) mass is 435 g/mol. The molecule has 0 amide bonds. The van der Waals surface area contributed by atoms with Gasteiger partial charge in [-0.05, 0) is 50.6 Å². The van der Waals surface area contributed by atoms with Crippen LogP contribution < -0.4 is 15.6 Å². The van der Waals surface area contributed by atoms with Gasteiger partial charge in [-0.25, -0.2) is 15.0 Å². The van der Waals surface area contributed by atoms with Crippen molar-refractivity contribution < 1.29 is 4.74 Å². The Labute approximate surface area is 184 Å². The van der Waals surface area contributed by atoms with E-state index in [1.54, 1.807) is 13.0 Å². The highest BCUT2D eigenvalue weighted by atomic mass is 35.5. The van der Waals surface area contributed by atoms with Gasteiger partial charge in [-0.2, -0.15) is 0 Å². The minimum Gasteiger partial charge on any atom is -0.494 e. The summed E-state index contributed by atoms with van der Waals surface area (Å²) in [4.78, 5) is 29.0. The van der Waals surface area contributed by atoms with Crippen LogP contribution in [0.2, 0.25) is 5.02 Å². The number of rotatable bonds is 6. The minimum absolute atomic E-state index is 0.228. The predicted molar refractivity (Wildman–Crippen MR) is 123 cm³/mol. The average Bonchev–Trinajstić information content (AvgIpc) is 2.73. The molecule has 0 saturated heterocycles. The highest BCUT2D eigenvalue weighted by Crippen LogP contribution is 2.24. The summed E-state index contributed by atoms with van der Waals surface area (Å²) in [5.41, 5.74) is 3.40. The minimum atomic E-state index is -0.228. The van der Waals surface area contributed by atoms with Crippen molar-refractivity contribution >= 4 is 34.4 Å². The molecule has 8 heteroatoms. The first-order valence-electron chi connectivity index (χ1n) is 9.96. The molecule has 4 aromatic rings. The van der Waals surface area contributed by atoms with Gasteiger partial charge in [0.1, 0.15) is 5.75 Å². The van der Waals surface area contributed by atoms with Crippen molar-refractivity contribution in [1.29, 1.82) is 0 Å². The number of aromatic amines is 1. The molecule has 0 saturated carbocycles. The van der Waals surface area contributed by atoms with E-state index in [-0.39, 0.29) is 11.5 Å². The largest absolute Gasteiger partial charge is 0.494 e. The van der Waals surface area contributed by atoms with Gasteiger partial charge in [0, 0.05) is 22.4 Å². The van der Waals surface area contributed by atoms with Crippen LogP contribution in [0.5, 0.6) is 5.75 Å². The van der Waals surface area contributed by atoms with Gasteiger partial charge >= 0.3 is 0 Å². The lowest BCUT2D eigenvalue weighted by molar-refractivity contribution is 0.340. The highest BCUT2D eigenvalue weighted by molar-refractivity contribution is 6.31. The highest BCUT2D eigenvalue weighted by Gasteiger charge is 2.13. The fourth-order valence-corrected chi connectivity index (χ4v) is 3.59. The van der Waals surface area contributed by atoms with Gasteiger partial charge in [-0.1, -0.05) is 29.8 Å². The Hall–Kier alpha value is -3.45. The van der Waals surface area contributed by atoms with Crippen molar-refractivity contribution in [2.45, 2.75) is 27.2 Å². The lowest BCUT2D eigenvalue weighted by Gasteiger charge is -2.11. The first-order chi connectivity index (χ1) is 14.9. The first-order valence-corrected chi connectivity index (χ1v) is 10.3. The third-order valence-corrected chi connectivity index (χ3v) is 5.32. The first kappa shape index (κ1) is 20.8. The number of halogens is 1. The third-order valence-electron chi connectivity index (χ3n) is 4.95. The Morgan fingerprint density at radius 1 is 1.06 bits per heavy atom. The van der Waals surface area contributed by atoms with Gasteiger partial charge in [0.2, 0.25) is 11.9 Å². The van der Waals surface area contributed by atoms with Gasteiger partial charge in [-0.15, -0.1) is 0 Å². The zero-order valence-corrected chi connectivity index (χ0v) is 18.2. The maximum Gasteiger partial charge on any atom is 0.256 e. The number of aryl methyl sites for hydroxylation is 2. The molecular formula is C23H22ClN5O2. The molecule has 0 spiro atoms. The van der Waals surface area contributed by atoms with Gasteiger partial charge < -0.3 is 4.74 Å². The molecule has 2 aromatic carbocycles. The van der Waals surface area contributed by atoms with E-state index >= 15 is 0 Å². The molecular weight excluding hydrogens is 414 g/mol. The van der Waals surface area contributed by atoms with Crippen molar-refractivity contribution in [2.24, 2.45) is 0 Å². The Bertz CT molecular complexity index is 1320. The predicted octanol–water partition coefficient (Wildman–Crippen LogP) is 4.72. The number of fused-ring (bicyclic) bond motifs is 1. The van der Waals surface area contributed by atoms with Crippen LogP contribution in [-0.4, -0.2) is 26.5 Å². The van der Waals surface area contributed by atoms with Gasteiger partial charge in [-0.3, -0.25) is 15.1 Å². The molecule has 7 nitrogen and oxygen atoms in total. The molecule has 0 aliphatic carbocycles. The number of benzene rings is 2. The summed E-state index contributed by atoms with van der Waals surface area (Å²) < 4.78 is 5.55. The lowest BCUT2D eigenvalue weighted by atomic mass is 10.1. The van der Waals surface area contributed by atoms with Crippen LogP contribution >= 0.6 is 11.6 Å². The number of anilines is 2. The molecule has 31 heavy (non-hydrogen) atoms. The van der Waals surface area contributed by atoms with Crippen LogP contribution in [0.3, 0.4) is 0 Å². The molecule has 4 rings (SSSR count). The zero-order valence-electron chi connectivity index (χ0n) is 17.5. The second-order valence-electron chi connectivity index (χ2n) is 7.12. The van der Waals surface area contributed by atoms with Crippen LogP contribution in [0.1, 0.15) is 29.4 Å². The van der Waals surface area contributed by atoms with Gasteiger partial charge in [0.25, 0.3) is 5.56 Å². The molecule has 0 fully saturated rings. The van der Waals surface area contributed by atoms with Gasteiger partial charge in [0.05, 0.1) is 23.5 Å². The van der Waals surface area contributed by atoms with E-state index < -0.39 is 0 Å². The smallest absolute Gasteiger partial charge is 0.256 e. The van der Waals surface area contributed by atoms with Crippen LogP contribution in [-0.2, 0) is 6.42 Å². The zero-order chi connectivity index (χ0) is 22.0. The third kappa shape index (κ3) is 4.51. The SMILES string of the molecule is CCOc1ccc2nc(Nc3nc(C)c(Cc4ccccc4Cl)c(=O)[nH]3)nc(C)c2c1. The van der Waals surface area contributed by atoms with E-state index in [1.165, 1.54) is 0 Å². The summed E-state index contributed by atoms with van der Waals surface area (Å²) in [6, 6.07) is 13.1. The molecule has 0 bridgehead atoms. The van der Waals surface area contributed by atoms with Crippen LogP contribution in [0.15, 0.2) is 47.3 Å². The van der Waals surface area contributed by atoms with Crippen molar-refractivity contribution in [3.05, 3.63) is 80.4 Å². The number of aromatic nitrogens is 4. The molecule has 2 heterocycles. The van der Waals surface area contributed by atoms with Crippen molar-refractivity contribution in [1.82, 2.24) is 19.9 Å². The van der Waals surface area contributed by atoms with Gasteiger partial charge in [0.15, 0.2) is 0 Å². The Morgan fingerprint density at radius 3 is 2.61 bits per heavy atom. The number of ether oxygens (including phenoxy) is 1. The Balaban J connectivity index is 1.62. The summed E-state index contributed by atoms with van der Waals surface area (Å²) in [7, 11) is 0. The van der Waals surface area contributed by atoms with Crippen molar-refractivity contribution in [3.8, 4) is 5.75 Å². The van der Waals surface area contributed by atoms with E-state index in [2.05, 4.69) is 25.3 Å². The van der Waals surface area contributed by atoms with Crippen LogP contribution in [0.4, 0.5) is 11.9 Å². The Morgan fingerprint density at radius 2 is 1.87 bits per heavy atom. The quantitative estimate of drug-likeness (QED) is 0.455. The average molecular weight is 436 g/mol. The summed E-state index contributed by atoms with van der Waals surface area (Å²) in [5.74, 6) is 1.42. The van der Waals surface area contributed by atoms with Crippen LogP contribution in [0.25, 0.3) is 10.9 Å². The summed E-state index contributed by atoms with van der Waals surface area (Å²) in [6.45, 7) is 6.24. The fraction of sp³-hybridized carbons (Fsp3) is 0.217. The topological polar surface area (TPSA) is 92.8 Å². The number of H-pyrrole nitrogens is 1. The number of hydrogen-bond donors (Lipinski definition) is 2. The Kier molecular flexibility index (Phi) is 5.86. The van der Waals surface area contributed by atoms with E-state index in [1.807, 2.05) is 50.2 Å². The summed E-state index contributed by atoms with van der Waals surface area (Å²) in [6.07, 6.45) is 0.405. The van der Waals surface area contributed by atoms with E-state index in [0.717, 1.165) is 27.9 Å². The number of hydrogen-bond acceptors (Lipinski definition) is 6. The summed E-state index contributed by atoms with van der Waals surface area (Å²) in [5, 5.41) is 4.54. The normalized spacial score (nSPS) is 11.0. The standard InChI is InChI=1S/C23H22ClN5O2/c1-4-31-16-9-10-20-17(12-16)13(2)25-22(27-20)29-23-26-14(3)18(21(30)28-23)11-15-7-5-6-8-19(15)24/h5-10,12H,4,11H2,1-3H3,(H2,25,26,27,28,29,30). The summed E-state index contributed by atoms with van der Waals surface area (Å²) >= 11 is 6.24. The molecule has 158 valence electrons. The molecule has 2 aromatic heterocycles. The maximum absolute atomic E-state index is 12.7. The van der Waals surface area contributed by atoms with E-state index in [0.29, 0.717) is 35.3 Å². The molecule has 0 unspecified atom stereocenters. The maximum atomic E-state index is 12.7. The second-order valence-corrected chi connectivity index (χ2v) is 7.52. The molecule has 0 radical (unpaired) electrons. The van der Waals surface area contributed by atoms with Crippen LogP contribution in [0, 0.1) is 13.8 Å².